The summed E-state index contributed by atoms with van der Waals surface area (Å²) >= 11 is 0. The summed E-state index contributed by atoms with van der Waals surface area (Å²) in [7, 11) is -3.88. The van der Waals surface area contributed by atoms with Crippen LogP contribution >= 0.6 is 0 Å². The van der Waals surface area contributed by atoms with Crippen LogP contribution in [0.15, 0.2) is 18.2 Å². The number of hydrogen-bond acceptors (Lipinski definition) is 4. The Morgan fingerprint density at radius 2 is 1.88 bits per heavy atom. The first-order valence-corrected chi connectivity index (χ1v) is 9.72. The van der Waals surface area contributed by atoms with Gasteiger partial charge >= 0.3 is 0 Å². The second-order valence-electron chi connectivity index (χ2n) is 5.90. The molecule has 0 bridgehead atoms. The van der Waals surface area contributed by atoms with E-state index in [1.54, 1.807) is 0 Å². The number of sulfonamides is 1. The summed E-state index contributed by atoms with van der Waals surface area (Å²) in [5.74, 6) is -2.83. The first-order valence-electron chi connectivity index (χ1n) is 7.87. The van der Waals surface area contributed by atoms with Gasteiger partial charge in [0, 0.05) is 19.2 Å². The predicted octanol–water partition coefficient (Wildman–Crippen LogP) is 2.05. The maximum atomic E-state index is 13.4. The molecule has 0 unspecified atom stereocenters. The fourth-order valence-electron chi connectivity index (χ4n) is 2.18. The molecule has 1 N–H and O–H groups in total. The zero-order valence-electron chi connectivity index (χ0n) is 14.8. The molecule has 0 aliphatic carbocycles. The van der Waals surface area contributed by atoms with Crippen LogP contribution in [0.1, 0.15) is 27.2 Å². The average molecular weight is 378 g/mol. The number of anilines is 1. The fourth-order valence-corrected chi connectivity index (χ4v) is 3.35. The molecule has 0 radical (unpaired) electrons. The summed E-state index contributed by atoms with van der Waals surface area (Å²) in [6.07, 6.45) is 1.55. The molecule has 142 valence electrons. The summed E-state index contributed by atoms with van der Waals surface area (Å²) in [5, 5.41) is 2.61. The highest BCUT2D eigenvalue weighted by atomic mass is 32.2. The van der Waals surface area contributed by atoms with Gasteiger partial charge in [-0.1, -0.05) is 0 Å². The van der Waals surface area contributed by atoms with E-state index in [9.17, 15) is 22.0 Å². The largest absolute Gasteiger partial charge is 0.379 e. The Morgan fingerprint density at radius 1 is 1.24 bits per heavy atom. The van der Waals surface area contributed by atoms with E-state index in [-0.39, 0.29) is 11.8 Å². The third-order valence-electron chi connectivity index (χ3n) is 3.32. The Bertz CT molecular complexity index is 695. The minimum absolute atomic E-state index is 0.0868. The van der Waals surface area contributed by atoms with E-state index in [2.05, 4.69) is 5.32 Å². The molecule has 0 spiro atoms. The zero-order chi connectivity index (χ0) is 19.2. The molecule has 0 aliphatic rings. The molecule has 1 rings (SSSR count). The number of carbonyl (C=O) groups excluding carboxylic acids is 1. The van der Waals surface area contributed by atoms with Crippen molar-refractivity contribution in [1.82, 2.24) is 5.32 Å². The van der Waals surface area contributed by atoms with Gasteiger partial charge in [0.2, 0.25) is 15.9 Å². The number of nitrogens with zero attached hydrogens (tertiary/aromatic N) is 1. The van der Waals surface area contributed by atoms with E-state index >= 15 is 0 Å². The first kappa shape index (κ1) is 21.3. The molecule has 1 amide bonds. The monoisotopic (exact) mass is 378 g/mol. The molecule has 25 heavy (non-hydrogen) atoms. The molecule has 1 aromatic carbocycles. The molecular weight excluding hydrogens is 354 g/mol. The Kier molecular flexibility index (Phi) is 7.75. The van der Waals surface area contributed by atoms with Gasteiger partial charge in [0.05, 0.1) is 18.0 Å². The van der Waals surface area contributed by atoms with Crippen LogP contribution in [0, 0.1) is 11.6 Å². The van der Waals surface area contributed by atoms with Crippen molar-refractivity contribution in [3.63, 3.8) is 0 Å². The van der Waals surface area contributed by atoms with Crippen molar-refractivity contribution in [2.75, 3.05) is 23.7 Å². The van der Waals surface area contributed by atoms with Crippen molar-refractivity contribution in [3.8, 4) is 0 Å². The highest BCUT2D eigenvalue weighted by Gasteiger charge is 2.29. The smallest absolute Gasteiger partial charge is 0.243 e. The van der Waals surface area contributed by atoms with Crippen LogP contribution < -0.4 is 9.62 Å². The molecule has 0 aromatic heterocycles. The lowest BCUT2D eigenvalue weighted by Crippen LogP contribution is -2.48. The summed E-state index contributed by atoms with van der Waals surface area (Å²) < 4.78 is 56.7. The van der Waals surface area contributed by atoms with Crippen molar-refractivity contribution in [1.29, 1.82) is 0 Å². The lowest BCUT2D eigenvalue weighted by Gasteiger charge is -2.28. The Labute approximate surface area is 147 Å². The van der Waals surface area contributed by atoms with Crippen molar-refractivity contribution in [3.05, 3.63) is 29.8 Å². The van der Waals surface area contributed by atoms with Gasteiger partial charge in [-0.2, -0.15) is 0 Å². The molecule has 6 nitrogen and oxygen atoms in total. The lowest BCUT2D eigenvalue weighted by molar-refractivity contribution is -0.121. The molecule has 1 aromatic rings. The minimum Gasteiger partial charge on any atom is -0.379 e. The van der Waals surface area contributed by atoms with E-state index < -0.39 is 33.6 Å². The SMILES string of the molecule is CC(C)OCCCNC(=O)[C@@H](C)N(c1ccc(F)c(F)c1)S(C)(=O)=O. The van der Waals surface area contributed by atoms with Crippen molar-refractivity contribution in [2.24, 2.45) is 0 Å². The van der Waals surface area contributed by atoms with Gasteiger partial charge in [-0.15, -0.1) is 0 Å². The van der Waals surface area contributed by atoms with Crippen LogP contribution in [0.3, 0.4) is 0 Å². The summed E-state index contributed by atoms with van der Waals surface area (Å²) in [6, 6.07) is 1.55. The second-order valence-corrected chi connectivity index (χ2v) is 7.76. The Hall–Kier alpha value is -1.74. The van der Waals surface area contributed by atoms with Gasteiger partial charge < -0.3 is 10.1 Å². The summed E-state index contributed by atoms with van der Waals surface area (Å²) in [5.41, 5.74) is -0.118. The Balaban J connectivity index is 2.82. The third-order valence-corrected chi connectivity index (χ3v) is 4.56. The maximum absolute atomic E-state index is 13.4. The van der Waals surface area contributed by atoms with Crippen molar-refractivity contribution >= 4 is 21.6 Å². The van der Waals surface area contributed by atoms with Gasteiger partial charge in [0.1, 0.15) is 6.04 Å². The molecule has 9 heteroatoms. The molecule has 0 heterocycles. The van der Waals surface area contributed by atoms with Crippen LogP contribution in [0.2, 0.25) is 0 Å². The zero-order valence-corrected chi connectivity index (χ0v) is 15.6. The van der Waals surface area contributed by atoms with Gasteiger partial charge in [-0.25, -0.2) is 17.2 Å². The normalized spacial score (nSPS) is 12.9. The number of hydrogen-bond donors (Lipinski definition) is 1. The number of amides is 1. The summed E-state index contributed by atoms with van der Waals surface area (Å²) in [6.45, 7) is 5.94. The van der Waals surface area contributed by atoms with Crippen LogP contribution in [-0.2, 0) is 19.6 Å². The van der Waals surface area contributed by atoms with E-state index in [1.807, 2.05) is 13.8 Å². The second kappa shape index (κ2) is 9.10. The van der Waals surface area contributed by atoms with Crippen LogP contribution in [-0.4, -0.2) is 45.9 Å². The quantitative estimate of drug-likeness (QED) is 0.668. The number of benzene rings is 1. The van der Waals surface area contributed by atoms with E-state index in [0.717, 1.165) is 28.8 Å². The molecular formula is C16H24F2N2O4S. The number of rotatable bonds is 9. The van der Waals surface area contributed by atoms with Gasteiger partial charge in [-0.3, -0.25) is 9.10 Å². The molecule has 0 fully saturated rings. The number of carbonyl (C=O) groups is 1. The van der Waals surface area contributed by atoms with Gasteiger partial charge in [0.25, 0.3) is 0 Å². The highest BCUT2D eigenvalue weighted by Crippen LogP contribution is 2.23. The Morgan fingerprint density at radius 3 is 2.40 bits per heavy atom. The number of ether oxygens (including phenoxy) is 1. The molecule has 0 aliphatic heterocycles. The minimum atomic E-state index is -3.88. The van der Waals surface area contributed by atoms with Gasteiger partial charge in [0.15, 0.2) is 11.6 Å². The third kappa shape index (κ3) is 6.58. The van der Waals surface area contributed by atoms with E-state index in [0.29, 0.717) is 19.6 Å². The highest BCUT2D eigenvalue weighted by molar-refractivity contribution is 7.92. The number of halogens is 2. The first-order chi connectivity index (χ1) is 11.5. The molecule has 1 atom stereocenters. The predicted molar refractivity (Wildman–Crippen MR) is 91.9 cm³/mol. The van der Waals surface area contributed by atoms with Crippen molar-refractivity contribution < 1.29 is 26.7 Å². The number of nitrogens with one attached hydrogen (secondary N) is 1. The molecule has 0 saturated carbocycles. The van der Waals surface area contributed by atoms with Gasteiger partial charge in [-0.05, 0) is 39.3 Å². The van der Waals surface area contributed by atoms with Crippen LogP contribution in [0.4, 0.5) is 14.5 Å². The van der Waals surface area contributed by atoms with Crippen LogP contribution in [0.5, 0.6) is 0 Å². The van der Waals surface area contributed by atoms with Crippen molar-refractivity contribution in [2.45, 2.75) is 39.3 Å². The summed E-state index contributed by atoms with van der Waals surface area (Å²) in [4.78, 5) is 12.2. The standard InChI is InChI=1S/C16H24F2N2O4S/c1-11(2)24-9-5-8-19-16(21)12(3)20(25(4,22)23)13-6-7-14(17)15(18)10-13/h6-7,10-12H,5,8-9H2,1-4H3,(H,19,21)/t12-/m1/s1. The lowest BCUT2D eigenvalue weighted by atomic mass is 10.2. The topological polar surface area (TPSA) is 75.7 Å². The maximum Gasteiger partial charge on any atom is 0.243 e. The fraction of sp³-hybridized carbons (Fsp3) is 0.562. The van der Waals surface area contributed by atoms with Crippen LogP contribution in [0.25, 0.3) is 0 Å². The molecule has 0 saturated heterocycles. The average Bonchev–Trinajstić information content (AvgIpc) is 2.48. The van der Waals surface area contributed by atoms with E-state index in [1.165, 1.54) is 6.92 Å². The van der Waals surface area contributed by atoms with E-state index in [4.69, 9.17) is 4.74 Å².